The third kappa shape index (κ3) is 4.57. The quantitative estimate of drug-likeness (QED) is 0.283. The Labute approximate surface area is 209 Å². The van der Waals surface area contributed by atoms with Crippen LogP contribution in [0.2, 0.25) is 0 Å². The standard InChI is InChI=1S/C27H20F3NO6/c1-14-11-17-12-16(7-10-21(17)36-14)24(33)22-23(15-5-8-19(32)9-6-15)31(26(35)25(22)34)18-3-2-4-20(13-18)37-27(28,29)30/h2-10,12-14,23,32-33H,11H2,1H3/b24-22-. The summed E-state index contributed by atoms with van der Waals surface area (Å²) >= 11 is 0. The van der Waals surface area contributed by atoms with Crippen LogP contribution in [0.15, 0.2) is 72.3 Å². The minimum Gasteiger partial charge on any atom is -0.508 e. The molecule has 3 aromatic carbocycles. The Morgan fingerprint density at radius 2 is 1.78 bits per heavy atom. The van der Waals surface area contributed by atoms with Gasteiger partial charge in [-0.3, -0.25) is 14.5 Å². The number of carbonyl (C=O) groups excluding carboxylic acids is 2. The number of hydrogen-bond donors (Lipinski definition) is 2. The number of ether oxygens (including phenoxy) is 2. The Morgan fingerprint density at radius 3 is 2.49 bits per heavy atom. The summed E-state index contributed by atoms with van der Waals surface area (Å²) in [6.45, 7) is 1.90. The Kier molecular flexibility index (Phi) is 5.82. The Balaban J connectivity index is 1.65. The summed E-state index contributed by atoms with van der Waals surface area (Å²) in [4.78, 5) is 27.5. The van der Waals surface area contributed by atoms with E-state index < -0.39 is 35.6 Å². The van der Waals surface area contributed by atoms with Gasteiger partial charge in [-0.1, -0.05) is 18.2 Å². The molecule has 0 radical (unpaired) electrons. The van der Waals surface area contributed by atoms with Crippen molar-refractivity contribution in [3.63, 3.8) is 0 Å². The number of aliphatic hydroxyl groups is 1. The van der Waals surface area contributed by atoms with E-state index in [2.05, 4.69) is 4.74 Å². The average molecular weight is 511 g/mol. The van der Waals surface area contributed by atoms with Crippen molar-refractivity contribution < 1.29 is 42.4 Å². The van der Waals surface area contributed by atoms with Crippen molar-refractivity contribution in [3.05, 3.63) is 89.0 Å². The number of phenolic OH excluding ortho intramolecular Hbond substituents is 1. The van der Waals surface area contributed by atoms with Crippen LogP contribution < -0.4 is 14.4 Å². The first kappa shape index (κ1) is 24.2. The molecule has 7 nitrogen and oxygen atoms in total. The van der Waals surface area contributed by atoms with Gasteiger partial charge >= 0.3 is 6.36 Å². The second kappa shape index (κ2) is 8.88. The summed E-state index contributed by atoms with van der Waals surface area (Å²) in [5.74, 6) is -2.49. The van der Waals surface area contributed by atoms with Crippen LogP contribution in [0, 0.1) is 0 Å². The van der Waals surface area contributed by atoms with E-state index in [1.807, 2.05) is 6.92 Å². The first-order valence-corrected chi connectivity index (χ1v) is 11.3. The van der Waals surface area contributed by atoms with Crippen LogP contribution in [0.5, 0.6) is 17.2 Å². The van der Waals surface area contributed by atoms with Crippen molar-refractivity contribution in [2.75, 3.05) is 4.90 Å². The molecule has 0 saturated carbocycles. The number of fused-ring (bicyclic) bond motifs is 1. The van der Waals surface area contributed by atoms with Crippen LogP contribution >= 0.6 is 0 Å². The molecule has 2 heterocycles. The zero-order chi connectivity index (χ0) is 26.5. The largest absolute Gasteiger partial charge is 0.573 e. The fraction of sp³-hybridized carbons (Fsp3) is 0.185. The number of ketones is 1. The monoisotopic (exact) mass is 511 g/mol. The molecule has 2 atom stereocenters. The number of halogens is 3. The number of hydrogen-bond acceptors (Lipinski definition) is 6. The molecule has 0 bridgehead atoms. The number of nitrogens with zero attached hydrogens (tertiary/aromatic N) is 1. The lowest BCUT2D eigenvalue weighted by molar-refractivity contribution is -0.274. The molecule has 2 unspecified atom stereocenters. The molecule has 1 fully saturated rings. The normalized spacial score (nSPS) is 20.6. The summed E-state index contributed by atoms with van der Waals surface area (Å²) in [5.41, 5.74) is 1.16. The highest BCUT2D eigenvalue weighted by Gasteiger charge is 2.47. The van der Waals surface area contributed by atoms with Gasteiger partial charge in [-0.05, 0) is 60.5 Å². The second-order valence-corrected chi connectivity index (χ2v) is 8.76. The maximum absolute atomic E-state index is 13.3. The van der Waals surface area contributed by atoms with Gasteiger partial charge in [-0.25, -0.2) is 0 Å². The van der Waals surface area contributed by atoms with E-state index in [4.69, 9.17) is 4.74 Å². The topological polar surface area (TPSA) is 96.3 Å². The van der Waals surface area contributed by atoms with Crippen molar-refractivity contribution >= 4 is 23.1 Å². The Morgan fingerprint density at radius 1 is 1.05 bits per heavy atom. The lowest BCUT2D eigenvalue weighted by Gasteiger charge is -2.26. The lowest BCUT2D eigenvalue weighted by atomic mass is 9.94. The second-order valence-electron chi connectivity index (χ2n) is 8.76. The Bertz CT molecular complexity index is 1430. The molecule has 0 spiro atoms. The smallest absolute Gasteiger partial charge is 0.508 e. The van der Waals surface area contributed by atoms with Crippen LogP contribution in [0.4, 0.5) is 18.9 Å². The maximum Gasteiger partial charge on any atom is 0.573 e. The molecule has 0 aromatic heterocycles. The van der Waals surface area contributed by atoms with Gasteiger partial charge in [-0.2, -0.15) is 0 Å². The van der Waals surface area contributed by atoms with E-state index >= 15 is 0 Å². The van der Waals surface area contributed by atoms with E-state index in [0.29, 0.717) is 17.7 Å². The summed E-state index contributed by atoms with van der Waals surface area (Å²) < 4.78 is 48.1. The third-order valence-electron chi connectivity index (χ3n) is 6.15. The van der Waals surface area contributed by atoms with Gasteiger partial charge in [0.05, 0.1) is 11.6 Å². The number of carbonyl (C=O) groups is 2. The van der Waals surface area contributed by atoms with Crippen molar-refractivity contribution in [2.24, 2.45) is 0 Å². The molecule has 1 amide bonds. The van der Waals surface area contributed by atoms with Crippen molar-refractivity contribution in [1.82, 2.24) is 0 Å². The number of alkyl halides is 3. The average Bonchev–Trinajstić information content (AvgIpc) is 3.33. The van der Waals surface area contributed by atoms with Gasteiger partial charge < -0.3 is 19.7 Å². The zero-order valence-electron chi connectivity index (χ0n) is 19.3. The molecule has 10 heteroatoms. The molecule has 0 aliphatic carbocycles. The highest BCUT2D eigenvalue weighted by molar-refractivity contribution is 6.51. The van der Waals surface area contributed by atoms with Gasteiger partial charge in [0.2, 0.25) is 0 Å². The number of rotatable bonds is 4. The van der Waals surface area contributed by atoms with Crippen molar-refractivity contribution in [3.8, 4) is 17.2 Å². The molecule has 2 aliphatic rings. The van der Waals surface area contributed by atoms with Crippen LogP contribution in [-0.2, 0) is 16.0 Å². The zero-order valence-corrected chi connectivity index (χ0v) is 19.3. The minimum absolute atomic E-state index is 0.0443. The van der Waals surface area contributed by atoms with Crippen LogP contribution in [0.3, 0.4) is 0 Å². The van der Waals surface area contributed by atoms with E-state index in [0.717, 1.165) is 22.6 Å². The van der Waals surface area contributed by atoms with E-state index in [9.17, 15) is 33.0 Å². The molecule has 5 rings (SSSR count). The van der Waals surface area contributed by atoms with E-state index in [1.54, 1.807) is 18.2 Å². The predicted octanol–water partition coefficient (Wildman–Crippen LogP) is 5.24. The van der Waals surface area contributed by atoms with E-state index in [-0.39, 0.29) is 28.7 Å². The maximum atomic E-state index is 13.3. The van der Waals surface area contributed by atoms with Gasteiger partial charge in [0.25, 0.3) is 11.7 Å². The van der Waals surface area contributed by atoms with Gasteiger partial charge in [0.15, 0.2) is 0 Å². The van der Waals surface area contributed by atoms with Gasteiger partial charge in [-0.15, -0.1) is 13.2 Å². The first-order valence-electron chi connectivity index (χ1n) is 11.3. The van der Waals surface area contributed by atoms with Gasteiger partial charge in [0, 0.05) is 23.7 Å². The van der Waals surface area contributed by atoms with Crippen molar-refractivity contribution in [2.45, 2.75) is 31.9 Å². The number of aromatic hydroxyl groups is 1. The number of aliphatic hydroxyl groups excluding tert-OH is 1. The minimum atomic E-state index is -4.96. The van der Waals surface area contributed by atoms with Gasteiger partial charge in [0.1, 0.15) is 29.1 Å². The Hall–Kier alpha value is -4.47. The highest BCUT2D eigenvalue weighted by atomic mass is 19.4. The molecule has 190 valence electrons. The molecule has 3 aromatic rings. The van der Waals surface area contributed by atoms with Crippen molar-refractivity contribution in [1.29, 1.82) is 0 Å². The first-order chi connectivity index (χ1) is 17.5. The summed E-state index contributed by atoms with van der Waals surface area (Å²) in [5, 5.41) is 21.0. The number of benzene rings is 3. The number of anilines is 1. The predicted molar refractivity (Wildman–Crippen MR) is 126 cm³/mol. The molecule has 1 saturated heterocycles. The summed E-state index contributed by atoms with van der Waals surface area (Å²) in [6, 6.07) is 14.0. The molecule has 2 N–H and O–H groups in total. The van der Waals surface area contributed by atoms with Crippen LogP contribution in [-0.4, -0.2) is 34.4 Å². The molecular weight excluding hydrogens is 491 g/mol. The number of Topliss-reactive ketones (excluding diaryl/α,β-unsaturated/α-hetero) is 1. The van der Waals surface area contributed by atoms with Crippen LogP contribution in [0.1, 0.15) is 29.7 Å². The third-order valence-corrected chi connectivity index (χ3v) is 6.15. The molecule has 2 aliphatic heterocycles. The summed E-state index contributed by atoms with van der Waals surface area (Å²) in [6.07, 6.45) is -4.42. The molecule has 37 heavy (non-hydrogen) atoms. The fourth-order valence-electron chi connectivity index (χ4n) is 4.63. The lowest BCUT2D eigenvalue weighted by Crippen LogP contribution is -2.29. The van der Waals surface area contributed by atoms with Crippen LogP contribution in [0.25, 0.3) is 5.76 Å². The molecular formula is C27H20F3NO6. The number of phenols is 1. The summed E-state index contributed by atoms with van der Waals surface area (Å²) in [7, 11) is 0. The number of amides is 1. The highest BCUT2D eigenvalue weighted by Crippen LogP contribution is 2.44. The fourth-order valence-corrected chi connectivity index (χ4v) is 4.63. The SMILES string of the molecule is CC1Cc2cc(/C(O)=C3/C(=O)C(=O)N(c4cccc(OC(F)(F)F)c4)C3c3ccc(O)cc3)ccc2O1. The van der Waals surface area contributed by atoms with E-state index in [1.165, 1.54) is 36.4 Å².